The molecule has 0 aromatic heterocycles. The summed E-state index contributed by atoms with van der Waals surface area (Å²) in [5, 5.41) is 12.3. The van der Waals surface area contributed by atoms with Crippen LogP contribution < -0.4 is 11.0 Å². The predicted octanol–water partition coefficient (Wildman–Crippen LogP) is -0.233. The Bertz CT molecular complexity index is 198. The van der Waals surface area contributed by atoms with Crippen LogP contribution in [0.4, 0.5) is 0 Å². The van der Waals surface area contributed by atoms with E-state index in [1.807, 2.05) is 0 Å². The van der Waals surface area contributed by atoms with E-state index in [2.05, 4.69) is 16.1 Å². The van der Waals surface area contributed by atoms with E-state index < -0.39 is 5.00 Å². The molecule has 0 bridgehead atoms. The Labute approximate surface area is 74.6 Å². The van der Waals surface area contributed by atoms with Crippen LogP contribution in [0.25, 0.3) is 0 Å². The first-order valence-electron chi connectivity index (χ1n) is 3.08. The molecule has 0 aromatic carbocycles. The fourth-order valence-electron chi connectivity index (χ4n) is 0.715. The number of hydrogen-bond acceptors (Lipinski definition) is 5. The number of aliphatic hydroxyl groups excluding tert-OH is 1. The monoisotopic (exact) mass is 193 g/mol. The van der Waals surface area contributed by atoms with Gasteiger partial charge in [-0.15, -0.1) is 0 Å². The van der Waals surface area contributed by atoms with Crippen LogP contribution in [0.1, 0.15) is 6.42 Å². The fourth-order valence-corrected chi connectivity index (χ4v) is 1.10. The summed E-state index contributed by atoms with van der Waals surface area (Å²) in [6.07, 6.45) is 1.81. The Hall–Kier alpha value is -0.230. The molecule has 1 aliphatic rings. The number of hydrazone groups is 1. The number of hydrazine groups is 1. The van der Waals surface area contributed by atoms with E-state index in [4.69, 9.17) is 28.9 Å². The van der Waals surface area contributed by atoms with Crippen LogP contribution in [-0.4, -0.2) is 27.8 Å². The lowest BCUT2D eigenvalue weighted by molar-refractivity contribution is 0.264. The van der Waals surface area contributed by atoms with Gasteiger partial charge in [-0.2, -0.15) is 10.5 Å². The third kappa shape index (κ3) is 1.87. The zero-order valence-electron chi connectivity index (χ0n) is 5.67. The largest absolute Gasteiger partial charge is 0.396 e. The summed E-state index contributed by atoms with van der Waals surface area (Å²) in [5.41, 5.74) is 5.14. The van der Waals surface area contributed by atoms with Gasteiger partial charge in [0.1, 0.15) is 0 Å². The summed E-state index contributed by atoms with van der Waals surface area (Å²) in [7, 11) is 0. The first-order valence-corrected chi connectivity index (χ1v) is 3.87. The van der Waals surface area contributed by atoms with Crippen LogP contribution in [0.2, 0.25) is 0 Å². The van der Waals surface area contributed by atoms with Crippen LogP contribution in [0.3, 0.4) is 0 Å². The van der Waals surface area contributed by atoms with E-state index in [-0.39, 0.29) is 6.61 Å². The zero-order valence-corrected chi connectivity index (χ0v) is 7.24. The second-order valence-electron chi connectivity index (χ2n) is 2.13. The van der Waals surface area contributed by atoms with Crippen molar-refractivity contribution in [3.63, 3.8) is 0 Å². The first kappa shape index (κ1) is 8.86. The van der Waals surface area contributed by atoms with E-state index >= 15 is 0 Å². The lowest BCUT2D eigenvalue weighted by Gasteiger charge is -2.28. The van der Waals surface area contributed by atoms with Gasteiger partial charge < -0.3 is 5.11 Å². The van der Waals surface area contributed by atoms with Crippen molar-refractivity contribution in [2.24, 2.45) is 5.10 Å². The van der Waals surface area contributed by atoms with E-state index in [1.165, 1.54) is 6.21 Å². The van der Waals surface area contributed by atoms with Crippen molar-refractivity contribution in [2.75, 3.05) is 6.61 Å². The van der Waals surface area contributed by atoms with Crippen molar-refractivity contribution >= 4 is 34.9 Å². The van der Waals surface area contributed by atoms with Crippen molar-refractivity contribution in [1.82, 2.24) is 11.0 Å². The first-order chi connectivity index (χ1) is 5.19. The molecule has 0 saturated heterocycles. The minimum atomic E-state index is -0.869. The van der Waals surface area contributed by atoms with Gasteiger partial charge in [-0.1, -0.05) is 23.8 Å². The normalized spacial score (nSPS) is 30.2. The number of rotatable bonds is 2. The molecule has 1 aliphatic heterocycles. The Morgan fingerprint density at radius 3 is 3.09 bits per heavy atom. The predicted molar refractivity (Wildman–Crippen MR) is 47.6 cm³/mol. The van der Waals surface area contributed by atoms with Gasteiger partial charge in [-0.3, -0.25) is 0 Å². The van der Waals surface area contributed by atoms with Gasteiger partial charge in [0.15, 0.2) is 5.00 Å². The Morgan fingerprint density at radius 2 is 2.55 bits per heavy atom. The topological polar surface area (TPSA) is 56.6 Å². The van der Waals surface area contributed by atoms with Crippen molar-refractivity contribution in [2.45, 2.75) is 11.4 Å². The molecule has 0 amide bonds. The lowest BCUT2D eigenvalue weighted by Crippen LogP contribution is -2.55. The molecule has 0 spiro atoms. The van der Waals surface area contributed by atoms with E-state index in [1.54, 1.807) is 0 Å². The maximum atomic E-state index is 8.65. The summed E-state index contributed by atoms with van der Waals surface area (Å²) in [6, 6.07) is 0. The third-order valence-electron chi connectivity index (χ3n) is 1.35. The highest BCUT2D eigenvalue weighted by molar-refractivity contribution is 7.82. The molecule has 0 saturated carbocycles. The zero-order chi connectivity index (χ0) is 8.32. The molecule has 1 rings (SSSR count). The van der Waals surface area contributed by atoms with E-state index in [0.717, 1.165) is 0 Å². The Morgan fingerprint density at radius 1 is 1.82 bits per heavy atom. The van der Waals surface area contributed by atoms with Crippen molar-refractivity contribution in [3.05, 3.63) is 0 Å². The van der Waals surface area contributed by atoms with Gasteiger partial charge in [0.05, 0.1) is 11.1 Å². The lowest BCUT2D eigenvalue weighted by atomic mass is 10.1. The average Bonchev–Trinajstić information content (AvgIpc) is 1.96. The Balaban J connectivity index is 2.68. The minimum Gasteiger partial charge on any atom is -0.396 e. The molecule has 0 aliphatic carbocycles. The molecule has 3 N–H and O–H groups in total. The van der Waals surface area contributed by atoms with Gasteiger partial charge >= 0.3 is 0 Å². The van der Waals surface area contributed by atoms with Gasteiger partial charge in [0, 0.05) is 13.0 Å². The SMILES string of the molecule is OCCC1(Cl)NNN=CC1=S. The number of hydrogen-bond donors (Lipinski definition) is 3. The van der Waals surface area contributed by atoms with Crippen molar-refractivity contribution in [1.29, 1.82) is 0 Å². The molecule has 11 heavy (non-hydrogen) atoms. The molecule has 0 aromatic rings. The molecule has 6 heteroatoms. The highest BCUT2D eigenvalue weighted by Crippen LogP contribution is 2.18. The highest BCUT2D eigenvalue weighted by atomic mass is 35.5. The second kappa shape index (κ2) is 3.44. The minimum absolute atomic E-state index is 0.0217. The molecular formula is C5H8ClN3OS. The molecule has 4 nitrogen and oxygen atoms in total. The average molecular weight is 194 g/mol. The van der Waals surface area contributed by atoms with Crippen LogP contribution in [0.15, 0.2) is 5.10 Å². The molecule has 0 fully saturated rings. The summed E-state index contributed by atoms with van der Waals surface area (Å²) < 4.78 is 0. The third-order valence-corrected chi connectivity index (χ3v) is 2.40. The fraction of sp³-hybridized carbons (Fsp3) is 0.600. The number of nitrogens with one attached hydrogen (secondary N) is 2. The number of halogens is 1. The maximum Gasteiger partial charge on any atom is 0.150 e. The van der Waals surface area contributed by atoms with Crippen LogP contribution in [0.5, 0.6) is 0 Å². The smallest absolute Gasteiger partial charge is 0.150 e. The standard InChI is InChI=1S/C5H8ClN3OS/c6-5(1-2-10)4(11)3-7-9-8-5/h3,8-10H,1-2H2. The number of alkyl halides is 1. The summed E-state index contributed by atoms with van der Waals surface area (Å²) in [4.78, 5) is -0.391. The molecule has 62 valence electrons. The number of nitrogens with zero attached hydrogens (tertiary/aromatic N) is 1. The molecule has 1 heterocycles. The van der Waals surface area contributed by atoms with Crippen molar-refractivity contribution < 1.29 is 5.11 Å². The summed E-state index contributed by atoms with van der Waals surface area (Å²) in [5.74, 6) is 0. The van der Waals surface area contributed by atoms with Crippen LogP contribution in [-0.2, 0) is 0 Å². The summed E-state index contributed by atoms with van der Waals surface area (Å²) >= 11 is 10.9. The molecule has 0 radical (unpaired) electrons. The molecular weight excluding hydrogens is 186 g/mol. The Kier molecular flexibility index (Phi) is 2.78. The van der Waals surface area contributed by atoms with Gasteiger partial charge in [0.25, 0.3) is 0 Å². The quantitative estimate of drug-likeness (QED) is 0.322. The highest BCUT2D eigenvalue weighted by Gasteiger charge is 2.32. The molecule has 1 unspecified atom stereocenters. The second-order valence-corrected chi connectivity index (χ2v) is 3.22. The van der Waals surface area contributed by atoms with Crippen LogP contribution in [0, 0.1) is 0 Å². The maximum absolute atomic E-state index is 8.65. The summed E-state index contributed by atoms with van der Waals surface area (Å²) in [6.45, 7) is -0.0217. The number of aliphatic hydroxyl groups is 1. The van der Waals surface area contributed by atoms with Gasteiger partial charge in [-0.05, 0) is 0 Å². The van der Waals surface area contributed by atoms with E-state index in [9.17, 15) is 0 Å². The van der Waals surface area contributed by atoms with Crippen LogP contribution >= 0.6 is 23.8 Å². The van der Waals surface area contributed by atoms with Gasteiger partial charge in [0.2, 0.25) is 0 Å². The number of thiocarbonyl (C=S) groups is 1. The van der Waals surface area contributed by atoms with Gasteiger partial charge in [-0.25, -0.2) is 5.53 Å². The molecule has 1 atom stereocenters. The van der Waals surface area contributed by atoms with E-state index in [0.29, 0.717) is 11.3 Å². The van der Waals surface area contributed by atoms with Crippen molar-refractivity contribution in [3.8, 4) is 0 Å².